The summed E-state index contributed by atoms with van der Waals surface area (Å²) in [5.74, 6) is 0. The monoisotopic (exact) mass is 326 g/mol. The highest BCUT2D eigenvalue weighted by molar-refractivity contribution is 7.99. The van der Waals surface area contributed by atoms with Crippen molar-refractivity contribution >= 4 is 45.5 Å². The Balaban J connectivity index is 2.28. The Labute approximate surface area is 131 Å². The molecule has 2 aromatic rings. The maximum atomic E-state index is 12.9. The molecule has 3 rings (SSSR count). The number of fused-ring (bicyclic) bond motifs is 1. The lowest BCUT2D eigenvalue weighted by Crippen LogP contribution is -2.29. The molecule has 0 radical (unpaired) electrons. The Kier molecular flexibility index (Phi) is 3.81. The highest BCUT2D eigenvalue weighted by atomic mass is 32.2. The van der Waals surface area contributed by atoms with Crippen LogP contribution in [-0.2, 0) is 0 Å². The molecule has 1 aliphatic carbocycles. The van der Waals surface area contributed by atoms with Crippen molar-refractivity contribution in [2.45, 2.75) is 44.4 Å². The van der Waals surface area contributed by atoms with E-state index in [1.807, 2.05) is 23.3 Å². The molecule has 108 valence electrons. The van der Waals surface area contributed by atoms with E-state index in [9.17, 15) is 4.79 Å². The maximum Gasteiger partial charge on any atom is 0.263 e. The number of aromatic amines is 1. The lowest BCUT2D eigenvalue weighted by atomic mass is 10.2. The topological polar surface area (TPSA) is 37.8 Å². The lowest BCUT2D eigenvalue weighted by molar-refractivity contribution is 0.502. The number of hydrogen-bond acceptors (Lipinski definition) is 4. The van der Waals surface area contributed by atoms with Crippen molar-refractivity contribution in [2.75, 3.05) is 6.26 Å². The van der Waals surface area contributed by atoms with E-state index in [1.54, 1.807) is 11.3 Å². The van der Waals surface area contributed by atoms with Crippen LogP contribution in [-0.4, -0.2) is 21.1 Å². The van der Waals surface area contributed by atoms with Crippen molar-refractivity contribution in [3.8, 4) is 0 Å². The standard InChI is InChI=1S/C14H18N2OS3/c1-7-8(2)20-12-11(7)13(17)16(14(18)15-12)9-5-4-6-10(9)19-3/h9-10H,4-6H2,1-3H3,(H,15,18). The molecular formula is C14H18N2OS3. The van der Waals surface area contributed by atoms with Gasteiger partial charge in [-0.15, -0.1) is 11.3 Å². The fraction of sp³-hybridized carbons (Fsp3) is 0.571. The molecule has 1 N–H and O–H groups in total. The summed E-state index contributed by atoms with van der Waals surface area (Å²) in [5, 5.41) is 1.33. The van der Waals surface area contributed by atoms with Crippen molar-refractivity contribution < 1.29 is 0 Å². The molecule has 0 aliphatic heterocycles. The number of nitrogens with zero attached hydrogens (tertiary/aromatic N) is 1. The van der Waals surface area contributed by atoms with Crippen LogP contribution in [0.15, 0.2) is 4.79 Å². The first-order chi connectivity index (χ1) is 9.54. The number of aryl methyl sites for hydroxylation is 2. The van der Waals surface area contributed by atoms with Gasteiger partial charge in [0, 0.05) is 10.1 Å². The molecule has 0 bridgehead atoms. The van der Waals surface area contributed by atoms with E-state index in [2.05, 4.69) is 18.2 Å². The second-order valence-corrected chi connectivity index (χ2v) is 8.05. The van der Waals surface area contributed by atoms with Crippen molar-refractivity contribution in [3.63, 3.8) is 0 Å². The number of H-pyrrole nitrogens is 1. The molecule has 0 spiro atoms. The number of hydrogen-bond donors (Lipinski definition) is 1. The molecule has 0 amide bonds. The van der Waals surface area contributed by atoms with Gasteiger partial charge in [0.05, 0.1) is 11.4 Å². The molecule has 2 atom stereocenters. The van der Waals surface area contributed by atoms with Crippen LogP contribution in [0, 0.1) is 18.6 Å². The van der Waals surface area contributed by atoms with Crippen molar-refractivity contribution in [1.82, 2.24) is 9.55 Å². The minimum atomic E-state index is 0.0940. The Morgan fingerprint density at radius 3 is 2.85 bits per heavy atom. The Hall–Kier alpha value is -0.590. The van der Waals surface area contributed by atoms with E-state index in [0.717, 1.165) is 22.2 Å². The van der Waals surface area contributed by atoms with Gasteiger partial charge in [-0.05, 0) is 50.7 Å². The van der Waals surface area contributed by atoms with Gasteiger partial charge in [-0.1, -0.05) is 6.42 Å². The minimum Gasteiger partial charge on any atom is -0.323 e. The van der Waals surface area contributed by atoms with Gasteiger partial charge in [-0.25, -0.2) is 0 Å². The fourth-order valence-electron chi connectivity index (χ4n) is 3.12. The summed E-state index contributed by atoms with van der Waals surface area (Å²) >= 11 is 8.94. The summed E-state index contributed by atoms with van der Waals surface area (Å²) in [6.45, 7) is 4.08. The van der Waals surface area contributed by atoms with Crippen molar-refractivity contribution in [3.05, 3.63) is 25.6 Å². The summed E-state index contributed by atoms with van der Waals surface area (Å²) in [7, 11) is 0. The highest BCUT2D eigenvalue weighted by Gasteiger charge is 2.30. The third kappa shape index (κ3) is 2.09. The first-order valence-electron chi connectivity index (χ1n) is 6.82. The summed E-state index contributed by atoms with van der Waals surface area (Å²) in [6, 6.07) is 0.241. The molecule has 2 heterocycles. The summed E-state index contributed by atoms with van der Waals surface area (Å²) in [5.41, 5.74) is 1.19. The maximum absolute atomic E-state index is 12.9. The zero-order chi connectivity index (χ0) is 14.4. The molecule has 2 aromatic heterocycles. The number of nitrogens with one attached hydrogen (secondary N) is 1. The molecule has 20 heavy (non-hydrogen) atoms. The largest absolute Gasteiger partial charge is 0.323 e. The zero-order valence-corrected chi connectivity index (χ0v) is 14.3. The van der Waals surface area contributed by atoms with Crippen LogP contribution in [0.3, 0.4) is 0 Å². The number of aromatic nitrogens is 2. The van der Waals surface area contributed by atoms with Crippen LogP contribution in [0.25, 0.3) is 10.2 Å². The van der Waals surface area contributed by atoms with Crippen molar-refractivity contribution in [2.24, 2.45) is 0 Å². The van der Waals surface area contributed by atoms with Crippen LogP contribution in [0.5, 0.6) is 0 Å². The average molecular weight is 327 g/mol. The highest BCUT2D eigenvalue weighted by Crippen LogP contribution is 2.37. The number of thiophene rings is 1. The third-order valence-corrected chi connectivity index (χ3v) is 6.89. The molecular weight excluding hydrogens is 308 g/mol. The SMILES string of the molecule is CSC1CCCC1n1c(=S)[nH]c2sc(C)c(C)c2c1=O. The smallest absolute Gasteiger partial charge is 0.263 e. The van der Waals surface area contributed by atoms with E-state index in [-0.39, 0.29) is 11.6 Å². The molecule has 0 saturated heterocycles. The first-order valence-corrected chi connectivity index (χ1v) is 9.33. The van der Waals surface area contributed by atoms with Gasteiger partial charge in [-0.3, -0.25) is 9.36 Å². The number of rotatable bonds is 2. The van der Waals surface area contributed by atoms with Crippen LogP contribution >= 0.6 is 35.3 Å². The lowest BCUT2D eigenvalue weighted by Gasteiger charge is -2.20. The molecule has 1 fully saturated rings. The van der Waals surface area contributed by atoms with Gasteiger partial charge in [0.25, 0.3) is 5.56 Å². The van der Waals surface area contributed by atoms with Gasteiger partial charge < -0.3 is 4.98 Å². The summed E-state index contributed by atoms with van der Waals surface area (Å²) in [6.07, 6.45) is 5.53. The quantitative estimate of drug-likeness (QED) is 0.841. The van der Waals surface area contributed by atoms with Crippen LogP contribution in [0.1, 0.15) is 35.7 Å². The fourth-order valence-corrected chi connectivity index (χ4v) is 5.53. The van der Waals surface area contributed by atoms with Gasteiger partial charge >= 0.3 is 0 Å². The average Bonchev–Trinajstić information content (AvgIpc) is 2.95. The predicted octanol–water partition coefficient (Wildman–Crippen LogP) is 4.19. The first kappa shape index (κ1) is 14.4. The van der Waals surface area contributed by atoms with E-state index in [1.165, 1.54) is 17.7 Å². The van der Waals surface area contributed by atoms with E-state index >= 15 is 0 Å². The number of thioether (sulfide) groups is 1. The normalized spacial score (nSPS) is 22.8. The Bertz CT molecular complexity index is 771. The minimum absolute atomic E-state index is 0.0940. The third-order valence-electron chi connectivity index (χ3n) is 4.31. The Morgan fingerprint density at radius 1 is 1.40 bits per heavy atom. The van der Waals surface area contributed by atoms with Crippen LogP contribution < -0.4 is 5.56 Å². The van der Waals surface area contributed by atoms with E-state index < -0.39 is 0 Å². The predicted molar refractivity (Wildman–Crippen MR) is 90.9 cm³/mol. The van der Waals surface area contributed by atoms with Gasteiger partial charge in [0.1, 0.15) is 4.83 Å². The molecule has 2 unspecified atom stereocenters. The second-order valence-electron chi connectivity index (χ2n) is 5.37. The summed E-state index contributed by atoms with van der Waals surface area (Å²) < 4.78 is 2.42. The Morgan fingerprint density at radius 2 is 2.15 bits per heavy atom. The molecule has 3 nitrogen and oxygen atoms in total. The van der Waals surface area contributed by atoms with E-state index in [0.29, 0.717) is 10.0 Å². The van der Waals surface area contributed by atoms with Crippen LogP contribution in [0.2, 0.25) is 0 Å². The molecule has 1 saturated carbocycles. The molecule has 0 aromatic carbocycles. The van der Waals surface area contributed by atoms with E-state index in [4.69, 9.17) is 12.2 Å². The van der Waals surface area contributed by atoms with Crippen LogP contribution in [0.4, 0.5) is 0 Å². The molecule has 1 aliphatic rings. The van der Waals surface area contributed by atoms with Gasteiger partial charge in [0.2, 0.25) is 0 Å². The zero-order valence-electron chi connectivity index (χ0n) is 11.9. The van der Waals surface area contributed by atoms with Crippen molar-refractivity contribution in [1.29, 1.82) is 0 Å². The van der Waals surface area contributed by atoms with Gasteiger partial charge in [-0.2, -0.15) is 11.8 Å². The van der Waals surface area contributed by atoms with Gasteiger partial charge in [0.15, 0.2) is 4.77 Å². The second kappa shape index (κ2) is 5.31. The molecule has 6 heteroatoms. The summed E-state index contributed by atoms with van der Waals surface area (Å²) in [4.78, 5) is 18.3.